The Balaban J connectivity index is 0. The van der Waals surface area contributed by atoms with E-state index in [4.69, 9.17) is 5.73 Å². The summed E-state index contributed by atoms with van der Waals surface area (Å²) in [5.41, 5.74) is 5.47. The fraction of sp³-hybridized carbons (Fsp3) is 1.00. The summed E-state index contributed by atoms with van der Waals surface area (Å²) in [6.07, 6.45) is 19.9. The molecule has 0 saturated heterocycles. The molecule has 106 valence electrons. The third kappa shape index (κ3) is 18.9. The molecule has 0 aromatic carbocycles. The summed E-state index contributed by atoms with van der Waals surface area (Å²) in [6, 6.07) is 0. The van der Waals surface area contributed by atoms with Crippen LogP contribution >= 0.6 is 0 Å². The van der Waals surface area contributed by atoms with Gasteiger partial charge in [0, 0.05) is 19.5 Å². The first-order valence-electron chi connectivity index (χ1n) is 8.12. The Labute approximate surface area is 128 Å². The second-order valence-electron chi connectivity index (χ2n) is 5.38. The van der Waals surface area contributed by atoms with Crippen LogP contribution in [0, 0.1) is 0 Å². The quantitative estimate of drug-likeness (QED) is 0.336. The summed E-state index contributed by atoms with van der Waals surface area (Å²) in [7, 11) is 0. The Hall–Kier alpha value is 0.583. The zero-order valence-electron chi connectivity index (χ0n) is 12.9. The average Bonchev–Trinajstić information content (AvgIpc) is 2.35. The van der Waals surface area contributed by atoms with Gasteiger partial charge in [0.1, 0.15) is 0 Å². The van der Waals surface area contributed by atoms with Crippen molar-refractivity contribution in [3.63, 3.8) is 0 Å². The van der Waals surface area contributed by atoms with E-state index in [0.29, 0.717) is 0 Å². The maximum absolute atomic E-state index is 5.47. The van der Waals surface area contributed by atoms with Gasteiger partial charge in [-0.1, -0.05) is 90.4 Å². The predicted octanol–water partition coefficient (Wildman–Crippen LogP) is 5.42. The zero-order chi connectivity index (χ0) is 12.6. The van der Waals surface area contributed by atoms with Crippen LogP contribution in [0.15, 0.2) is 0 Å². The monoisotopic (exact) mass is 305 g/mol. The fourth-order valence-corrected chi connectivity index (χ4v) is 2.34. The molecular weight excluding hydrogens is 272 g/mol. The van der Waals surface area contributed by atoms with Crippen molar-refractivity contribution in [1.29, 1.82) is 0 Å². The van der Waals surface area contributed by atoms with E-state index in [0.717, 1.165) is 6.54 Å². The van der Waals surface area contributed by atoms with Crippen molar-refractivity contribution < 1.29 is 19.5 Å². The molecule has 0 atom stereocenters. The van der Waals surface area contributed by atoms with Gasteiger partial charge in [-0.2, -0.15) is 0 Å². The minimum Gasteiger partial charge on any atom is -0.330 e. The van der Waals surface area contributed by atoms with Gasteiger partial charge in [0.25, 0.3) is 0 Å². The van der Waals surface area contributed by atoms with Gasteiger partial charge in [-0.05, 0) is 13.0 Å². The van der Waals surface area contributed by atoms with Gasteiger partial charge in [-0.25, -0.2) is 0 Å². The summed E-state index contributed by atoms with van der Waals surface area (Å²) in [6.45, 7) is 3.16. The molecule has 0 aliphatic carbocycles. The van der Waals surface area contributed by atoms with Crippen LogP contribution in [0.3, 0.4) is 0 Å². The Morgan fingerprint density at radius 3 is 1.06 bits per heavy atom. The molecule has 0 aliphatic rings. The van der Waals surface area contributed by atoms with Gasteiger partial charge in [-0.15, -0.1) is 0 Å². The van der Waals surface area contributed by atoms with Crippen LogP contribution < -0.4 is 5.73 Å². The first kappa shape index (κ1) is 20.9. The van der Waals surface area contributed by atoms with Crippen molar-refractivity contribution in [2.45, 2.75) is 96.8 Å². The van der Waals surface area contributed by atoms with E-state index < -0.39 is 0 Å². The third-order valence-corrected chi connectivity index (χ3v) is 3.56. The second kappa shape index (κ2) is 19.9. The molecule has 2 N–H and O–H groups in total. The molecule has 0 heterocycles. The Kier molecular flexibility index (Phi) is 23.1. The topological polar surface area (TPSA) is 26.0 Å². The Morgan fingerprint density at radius 2 is 0.778 bits per heavy atom. The minimum absolute atomic E-state index is 0. The van der Waals surface area contributed by atoms with Crippen molar-refractivity contribution in [1.82, 2.24) is 0 Å². The van der Waals surface area contributed by atoms with Gasteiger partial charge in [0.05, 0.1) is 0 Å². The van der Waals surface area contributed by atoms with E-state index >= 15 is 0 Å². The molecule has 18 heavy (non-hydrogen) atoms. The van der Waals surface area contributed by atoms with E-state index in [1.54, 1.807) is 0 Å². The van der Waals surface area contributed by atoms with Gasteiger partial charge in [0.2, 0.25) is 0 Å². The largest absolute Gasteiger partial charge is 0.330 e. The Morgan fingerprint density at radius 1 is 0.500 bits per heavy atom. The standard InChI is InChI=1S/C16H35N.Zn/c1-2-3-4-5-6-7-8-9-10-11-12-13-14-15-16-17;/h2-17H2,1H3;. The first-order chi connectivity index (χ1) is 8.41. The number of hydrogen-bond donors (Lipinski definition) is 1. The predicted molar refractivity (Wildman–Crippen MR) is 79.4 cm³/mol. The van der Waals surface area contributed by atoms with Crippen LogP contribution in [-0.4, -0.2) is 6.54 Å². The average molecular weight is 307 g/mol. The Bertz CT molecular complexity index is 114. The van der Waals surface area contributed by atoms with Gasteiger partial charge in [0.15, 0.2) is 0 Å². The molecule has 1 nitrogen and oxygen atoms in total. The summed E-state index contributed by atoms with van der Waals surface area (Å²) < 4.78 is 0. The van der Waals surface area contributed by atoms with Crippen molar-refractivity contribution >= 4 is 0 Å². The van der Waals surface area contributed by atoms with Gasteiger partial charge >= 0.3 is 0 Å². The molecule has 2 heteroatoms. The molecule has 0 saturated carbocycles. The maximum Gasteiger partial charge on any atom is 0 e. The number of nitrogens with two attached hydrogens (primary N) is 1. The normalized spacial score (nSPS) is 10.3. The molecule has 0 radical (unpaired) electrons. The van der Waals surface area contributed by atoms with E-state index in [1.807, 2.05) is 0 Å². The summed E-state index contributed by atoms with van der Waals surface area (Å²) in [5.74, 6) is 0. The molecule has 0 aromatic rings. The minimum atomic E-state index is 0. The molecule has 0 rings (SSSR count). The fourth-order valence-electron chi connectivity index (χ4n) is 2.34. The molecule has 0 unspecified atom stereocenters. The molecule has 0 bridgehead atoms. The van der Waals surface area contributed by atoms with E-state index in [1.165, 1.54) is 89.9 Å². The van der Waals surface area contributed by atoms with Crippen molar-refractivity contribution in [3.8, 4) is 0 Å². The number of unbranched alkanes of at least 4 members (excludes halogenated alkanes) is 13. The first-order valence-corrected chi connectivity index (χ1v) is 8.12. The van der Waals surface area contributed by atoms with Gasteiger partial charge in [-0.3, -0.25) is 0 Å². The van der Waals surface area contributed by atoms with Crippen LogP contribution in [0.25, 0.3) is 0 Å². The van der Waals surface area contributed by atoms with E-state index in [9.17, 15) is 0 Å². The van der Waals surface area contributed by atoms with Crippen LogP contribution in [0.2, 0.25) is 0 Å². The molecule has 0 amide bonds. The smallest absolute Gasteiger partial charge is 0 e. The SMILES string of the molecule is CCCCCCCCCCCCCCCCN.[Zn]. The van der Waals surface area contributed by atoms with E-state index in [-0.39, 0.29) is 19.5 Å². The zero-order valence-corrected chi connectivity index (χ0v) is 15.9. The summed E-state index contributed by atoms with van der Waals surface area (Å²) in [4.78, 5) is 0. The van der Waals surface area contributed by atoms with Crippen LogP contribution in [0.4, 0.5) is 0 Å². The maximum atomic E-state index is 5.47. The van der Waals surface area contributed by atoms with Crippen molar-refractivity contribution in [2.24, 2.45) is 5.73 Å². The van der Waals surface area contributed by atoms with Crippen molar-refractivity contribution in [2.75, 3.05) is 6.54 Å². The van der Waals surface area contributed by atoms with E-state index in [2.05, 4.69) is 6.92 Å². The van der Waals surface area contributed by atoms with Crippen LogP contribution in [-0.2, 0) is 19.5 Å². The molecule has 0 aliphatic heterocycles. The van der Waals surface area contributed by atoms with Crippen LogP contribution in [0.1, 0.15) is 96.8 Å². The molecule has 0 spiro atoms. The van der Waals surface area contributed by atoms with Crippen molar-refractivity contribution in [3.05, 3.63) is 0 Å². The van der Waals surface area contributed by atoms with Gasteiger partial charge < -0.3 is 5.73 Å². The summed E-state index contributed by atoms with van der Waals surface area (Å²) in [5, 5.41) is 0. The number of hydrogen-bond acceptors (Lipinski definition) is 1. The second-order valence-corrected chi connectivity index (χ2v) is 5.38. The molecule has 0 aromatic heterocycles. The third-order valence-electron chi connectivity index (χ3n) is 3.56. The summed E-state index contributed by atoms with van der Waals surface area (Å²) >= 11 is 0. The molecule has 0 fully saturated rings. The molecular formula is C16H35NZn. The number of rotatable bonds is 14. The van der Waals surface area contributed by atoms with Crippen LogP contribution in [0.5, 0.6) is 0 Å².